The fraction of sp³-hybridized carbons (Fsp3) is 0.250. The van der Waals surface area contributed by atoms with Gasteiger partial charge in [0.1, 0.15) is 5.15 Å². The number of fused-ring (bicyclic) bond motifs is 1. The second kappa shape index (κ2) is 8.80. The molecular formula is C20H17ClF3N3O3S. The normalized spacial score (nSPS) is 12.2. The number of rotatable bonds is 6. The minimum atomic E-state index is -4.53. The summed E-state index contributed by atoms with van der Waals surface area (Å²) in [7, 11) is -3.84. The lowest BCUT2D eigenvalue weighted by molar-refractivity contribution is -0.143. The molecule has 0 radical (unpaired) electrons. The Labute approximate surface area is 181 Å². The number of sulfone groups is 1. The van der Waals surface area contributed by atoms with E-state index in [4.69, 9.17) is 11.6 Å². The Morgan fingerprint density at radius 3 is 2.55 bits per heavy atom. The summed E-state index contributed by atoms with van der Waals surface area (Å²) >= 11 is 5.92. The Kier molecular flexibility index (Phi) is 6.51. The molecular weight excluding hydrogens is 455 g/mol. The van der Waals surface area contributed by atoms with Gasteiger partial charge < -0.3 is 4.90 Å². The van der Waals surface area contributed by atoms with E-state index in [1.807, 2.05) is 0 Å². The van der Waals surface area contributed by atoms with Crippen molar-refractivity contribution < 1.29 is 26.4 Å². The Morgan fingerprint density at radius 2 is 1.87 bits per heavy atom. The Bertz CT molecular complexity index is 1230. The summed E-state index contributed by atoms with van der Waals surface area (Å²) in [6.07, 6.45) is -4.54. The lowest BCUT2D eigenvalue weighted by Gasteiger charge is -2.25. The third-order valence-corrected chi connectivity index (χ3v) is 5.61. The highest BCUT2D eigenvalue weighted by Crippen LogP contribution is 2.28. The molecule has 1 amide bonds. The van der Waals surface area contributed by atoms with Gasteiger partial charge in [0.2, 0.25) is 5.91 Å². The first kappa shape index (κ1) is 23.0. The summed E-state index contributed by atoms with van der Waals surface area (Å²) in [5, 5.41) is 0.646. The monoisotopic (exact) mass is 471 g/mol. The van der Waals surface area contributed by atoms with Gasteiger partial charge >= 0.3 is 6.18 Å². The van der Waals surface area contributed by atoms with E-state index in [0.29, 0.717) is 11.1 Å². The first-order valence-corrected chi connectivity index (χ1v) is 11.3. The number of hydrogen-bond donors (Lipinski definition) is 0. The second-order valence-corrected chi connectivity index (χ2v) is 9.17. The maximum atomic E-state index is 12.8. The van der Waals surface area contributed by atoms with Crippen LogP contribution in [0, 0.1) is 0 Å². The highest BCUT2D eigenvalue weighted by molar-refractivity contribution is 7.90. The van der Waals surface area contributed by atoms with Crippen molar-refractivity contribution in [1.82, 2.24) is 9.97 Å². The van der Waals surface area contributed by atoms with E-state index in [1.165, 1.54) is 18.3 Å². The average Bonchev–Trinajstić information content (AvgIpc) is 2.68. The number of aromatic nitrogens is 2. The van der Waals surface area contributed by atoms with Crippen molar-refractivity contribution in [1.29, 1.82) is 0 Å². The van der Waals surface area contributed by atoms with Crippen LogP contribution >= 0.6 is 11.6 Å². The zero-order valence-electron chi connectivity index (χ0n) is 16.2. The number of benzene rings is 1. The van der Waals surface area contributed by atoms with Crippen LogP contribution in [0.15, 0.2) is 53.7 Å². The number of anilines is 1. The summed E-state index contributed by atoms with van der Waals surface area (Å²) in [6.45, 7) is -0.172. The molecule has 0 unspecified atom stereocenters. The molecule has 0 aliphatic rings. The van der Waals surface area contributed by atoms with Gasteiger partial charge in [0.05, 0.1) is 24.2 Å². The van der Waals surface area contributed by atoms with Crippen molar-refractivity contribution >= 4 is 43.9 Å². The maximum Gasteiger partial charge on any atom is 0.389 e. The maximum absolute atomic E-state index is 12.8. The SMILES string of the molecule is CS(=O)(=O)c1ncccc1N(Cc1ccc2ccc(Cl)nc2c1)C(=O)CCC(F)(F)F. The number of pyridine rings is 2. The van der Waals surface area contributed by atoms with Crippen molar-refractivity contribution in [2.75, 3.05) is 11.2 Å². The van der Waals surface area contributed by atoms with Crippen LogP contribution in [0.4, 0.5) is 18.9 Å². The number of nitrogens with zero attached hydrogens (tertiary/aromatic N) is 3. The van der Waals surface area contributed by atoms with Crippen molar-refractivity contribution in [2.24, 2.45) is 0 Å². The number of halogens is 4. The average molecular weight is 472 g/mol. The molecule has 0 saturated heterocycles. The topological polar surface area (TPSA) is 80.2 Å². The summed E-state index contributed by atoms with van der Waals surface area (Å²) in [6, 6.07) is 11.2. The van der Waals surface area contributed by atoms with Crippen LogP contribution in [0.3, 0.4) is 0 Å². The first-order valence-electron chi connectivity index (χ1n) is 9.01. The van der Waals surface area contributed by atoms with Crippen molar-refractivity contribution in [3.8, 4) is 0 Å². The predicted octanol–water partition coefficient (Wildman–Crippen LogP) is 4.56. The van der Waals surface area contributed by atoms with Crippen molar-refractivity contribution in [2.45, 2.75) is 30.6 Å². The van der Waals surface area contributed by atoms with Gasteiger partial charge in [-0.05, 0) is 35.9 Å². The standard InChI is InChI=1S/C20H17ClF3N3O3S/c1-31(29,30)19-16(3-2-10-25-19)27(18(28)8-9-20(22,23)24)12-13-4-5-14-6-7-17(21)26-15(14)11-13/h2-7,10-11H,8-9,12H2,1H3. The van der Waals surface area contributed by atoms with E-state index in [1.54, 1.807) is 30.3 Å². The van der Waals surface area contributed by atoms with Crippen molar-refractivity contribution in [3.63, 3.8) is 0 Å². The number of carbonyl (C=O) groups excluding carboxylic acids is 1. The molecule has 164 valence electrons. The molecule has 11 heteroatoms. The van der Waals surface area contributed by atoms with Gasteiger partial charge in [-0.1, -0.05) is 23.7 Å². The Balaban J connectivity index is 2.04. The van der Waals surface area contributed by atoms with Gasteiger partial charge in [-0.3, -0.25) is 4.79 Å². The lowest BCUT2D eigenvalue weighted by atomic mass is 10.1. The zero-order valence-corrected chi connectivity index (χ0v) is 17.8. The van der Waals surface area contributed by atoms with E-state index in [0.717, 1.165) is 16.5 Å². The van der Waals surface area contributed by atoms with Crippen LogP contribution in [0.5, 0.6) is 0 Å². The quantitative estimate of drug-likeness (QED) is 0.492. The van der Waals surface area contributed by atoms with Gasteiger partial charge in [-0.2, -0.15) is 13.2 Å². The molecule has 0 fully saturated rings. The number of alkyl halides is 3. The van der Waals surface area contributed by atoms with Crippen LogP contribution in [0.2, 0.25) is 5.15 Å². The highest BCUT2D eigenvalue weighted by atomic mass is 35.5. The van der Waals surface area contributed by atoms with Gasteiger partial charge in [0.25, 0.3) is 0 Å². The fourth-order valence-corrected chi connectivity index (χ4v) is 3.95. The van der Waals surface area contributed by atoms with E-state index in [9.17, 15) is 26.4 Å². The second-order valence-electron chi connectivity index (χ2n) is 6.86. The molecule has 0 aliphatic heterocycles. The summed E-state index contributed by atoms with van der Waals surface area (Å²) in [5.74, 6) is -0.880. The summed E-state index contributed by atoms with van der Waals surface area (Å²) in [4.78, 5) is 21.8. The molecule has 0 aliphatic carbocycles. The number of amides is 1. The first-order chi connectivity index (χ1) is 14.4. The summed E-state index contributed by atoms with van der Waals surface area (Å²) in [5.41, 5.74) is 0.976. The molecule has 0 saturated carbocycles. The molecule has 6 nitrogen and oxygen atoms in total. The fourth-order valence-electron chi connectivity index (χ4n) is 2.98. The van der Waals surface area contributed by atoms with E-state index < -0.39 is 39.8 Å². The van der Waals surface area contributed by atoms with Crippen LogP contribution < -0.4 is 4.90 Å². The van der Waals surface area contributed by atoms with Gasteiger partial charge in [-0.15, -0.1) is 0 Å². The molecule has 2 aromatic heterocycles. The molecule has 3 aromatic rings. The molecule has 0 N–H and O–H groups in total. The molecule has 3 rings (SSSR count). The van der Waals surface area contributed by atoms with Crippen LogP contribution in [0.25, 0.3) is 10.9 Å². The van der Waals surface area contributed by atoms with Crippen molar-refractivity contribution in [3.05, 3.63) is 59.4 Å². The minimum Gasteiger partial charge on any atom is -0.305 e. The van der Waals surface area contributed by atoms with Gasteiger partial charge in [0.15, 0.2) is 14.9 Å². The van der Waals surface area contributed by atoms with Gasteiger partial charge in [-0.25, -0.2) is 18.4 Å². The number of hydrogen-bond acceptors (Lipinski definition) is 5. The molecule has 1 aromatic carbocycles. The smallest absolute Gasteiger partial charge is 0.305 e. The largest absolute Gasteiger partial charge is 0.389 e. The predicted molar refractivity (Wildman–Crippen MR) is 111 cm³/mol. The lowest BCUT2D eigenvalue weighted by Crippen LogP contribution is -2.32. The Hall–Kier alpha value is -2.72. The van der Waals surface area contributed by atoms with E-state index in [-0.39, 0.29) is 17.4 Å². The minimum absolute atomic E-state index is 0.0867. The molecule has 0 bridgehead atoms. The molecule has 0 atom stereocenters. The molecule has 2 heterocycles. The third-order valence-electron chi connectivity index (χ3n) is 4.38. The number of carbonyl (C=O) groups is 1. The van der Waals surface area contributed by atoms with Crippen LogP contribution in [-0.2, 0) is 21.2 Å². The van der Waals surface area contributed by atoms with Crippen LogP contribution in [-0.4, -0.2) is 36.7 Å². The Morgan fingerprint density at radius 1 is 1.16 bits per heavy atom. The van der Waals surface area contributed by atoms with E-state index >= 15 is 0 Å². The van der Waals surface area contributed by atoms with Crippen LogP contribution in [0.1, 0.15) is 18.4 Å². The third kappa shape index (κ3) is 5.92. The zero-order chi connectivity index (χ0) is 22.8. The highest BCUT2D eigenvalue weighted by Gasteiger charge is 2.31. The summed E-state index contributed by atoms with van der Waals surface area (Å²) < 4.78 is 62.4. The van der Waals surface area contributed by atoms with E-state index in [2.05, 4.69) is 9.97 Å². The molecule has 31 heavy (non-hydrogen) atoms. The molecule has 0 spiro atoms. The van der Waals surface area contributed by atoms with Gasteiger partial charge in [0, 0.05) is 24.3 Å².